The number of carbonyl (C=O) groups is 2. The number of carboxylic acids is 1. The van der Waals surface area contributed by atoms with E-state index in [-0.39, 0.29) is 18.1 Å². The maximum absolute atomic E-state index is 12.2. The van der Waals surface area contributed by atoms with Crippen molar-refractivity contribution in [3.63, 3.8) is 0 Å². The van der Waals surface area contributed by atoms with Gasteiger partial charge < -0.3 is 19.9 Å². The topological polar surface area (TPSA) is 88.1 Å². The van der Waals surface area contributed by atoms with Crippen molar-refractivity contribution in [3.8, 4) is 0 Å². The Morgan fingerprint density at radius 1 is 1.12 bits per heavy atom. The molecule has 32 heavy (non-hydrogen) atoms. The Labute approximate surface area is 184 Å². The average Bonchev–Trinajstić information content (AvgIpc) is 3.49. The zero-order valence-corrected chi connectivity index (χ0v) is 17.7. The minimum absolute atomic E-state index is 0.102. The summed E-state index contributed by atoms with van der Waals surface area (Å²) in [6.07, 6.45) is 0.0423. The normalized spacial score (nSPS) is 25.4. The first-order valence-corrected chi connectivity index (χ1v) is 10.9. The Morgan fingerprint density at radius 2 is 1.81 bits per heavy atom. The summed E-state index contributed by atoms with van der Waals surface area (Å²) in [5.41, 5.74) is 1.22. The van der Waals surface area contributed by atoms with E-state index in [9.17, 15) is 18.0 Å². The van der Waals surface area contributed by atoms with Crippen LogP contribution in [0.2, 0.25) is 0 Å². The molecular weight excluding hydrogens is 429 g/mol. The number of carbonyl (C=O) groups excluding carboxylic acids is 1. The monoisotopic (exact) mass is 458 g/mol. The van der Waals surface area contributed by atoms with Crippen molar-refractivity contribution in [1.29, 1.82) is 0 Å². The van der Waals surface area contributed by atoms with Crippen molar-refractivity contribution < 1.29 is 37.3 Å². The fourth-order valence-corrected chi connectivity index (χ4v) is 3.95. The molecule has 2 aliphatic heterocycles. The highest BCUT2D eigenvalue weighted by Crippen LogP contribution is 2.31. The van der Waals surface area contributed by atoms with Gasteiger partial charge in [-0.3, -0.25) is 9.69 Å². The number of carboxylic acid groups (broad SMARTS) is 1. The number of fused-ring (bicyclic) bond motifs is 1. The molecule has 4 rings (SSSR count). The van der Waals surface area contributed by atoms with Crippen molar-refractivity contribution in [2.45, 2.75) is 69.2 Å². The molecule has 2 N–H and O–H groups in total. The van der Waals surface area contributed by atoms with Crippen LogP contribution in [-0.2, 0) is 25.7 Å². The van der Waals surface area contributed by atoms with Gasteiger partial charge >= 0.3 is 12.1 Å². The minimum Gasteiger partial charge on any atom is -0.475 e. The quantitative estimate of drug-likeness (QED) is 0.611. The van der Waals surface area contributed by atoms with E-state index >= 15 is 0 Å². The van der Waals surface area contributed by atoms with Crippen LogP contribution in [0.5, 0.6) is 0 Å². The van der Waals surface area contributed by atoms with Crippen LogP contribution in [0.25, 0.3) is 0 Å². The third-order valence-electron chi connectivity index (χ3n) is 5.76. The summed E-state index contributed by atoms with van der Waals surface area (Å²) in [4.78, 5) is 23.6. The van der Waals surface area contributed by atoms with Crippen molar-refractivity contribution in [2.24, 2.45) is 0 Å². The molecule has 3 fully saturated rings. The van der Waals surface area contributed by atoms with Gasteiger partial charge in [0.25, 0.3) is 0 Å². The fraction of sp³-hybridized carbons (Fsp3) is 0.636. The zero-order valence-electron chi connectivity index (χ0n) is 17.7. The largest absolute Gasteiger partial charge is 0.490 e. The molecule has 3 atom stereocenters. The lowest BCUT2D eigenvalue weighted by atomic mass is 9.98. The van der Waals surface area contributed by atoms with Gasteiger partial charge in [-0.1, -0.05) is 30.3 Å². The third-order valence-corrected chi connectivity index (χ3v) is 5.76. The minimum atomic E-state index is -5.08. The third kappa shape index (κ3) is 7.46. The molecule has 7 nitrogen and oxygen atoms in total. The van der Waals surface area contributed by atoms with E-state index < -0.39 is 12.1 Å². The van der Waals surface area contributed by atoms with Crippen molar-refractivity contribution in [1.82, 2.24) is 10.2 Å². The fourth-order valence-electron chi connectivity index (χ4n) is 3.95. The average molecular weight is 458 g/mol. The molecule has 3 aliphatic rings. The first-order chi connectivity index (χ1) is 15.2. The van der Waals surface area contributed by atoms with E-state index in [0.717, 1.165) is 51.8 Å². The summed E-state index contributed by atoms with van der Waals surface area (Å²) in [5.74, 6) is -2.65. The van der Waals surface area contributed by atoms with E-state index in [1.54, 1.807) is 0 Å². The first-order valence-electron chi connectivity index (χ1n) is 10.9. The van der Waals surface area contributed by atoms with Crippen LogP contribution in [0.4, 0.5) is 13.2 Å². The van der Waals surface area contributed by atoms with Gasteiger partial charge in [0.2, 0.25) is 5.91 Å². The highest BCUT2D eigenvalue weighted by Gasteiger charge is 2.42. The second-order valence-corrected chi connectivity index (χ2v) is 8.26. The molecule has 0 aromatic heterocycles. The van der Waals surface area contributed by atoms with Gasteiger partial charge in [0.05, 0.1) is 19.3 Å². The number of alkyl halides is 3. The van der Waals surface area contributed by atoms with E-state index in [1.807, 2.05) is 18.2 Å². The first kappa shape index (κ1) is 24.5. The SMILES string of the molecule is O=C(NC1CC1)[C@H]1CC[C@@H]2[C@@H](CCN2CCOCc2ccccc2)O1.O=C(O)C(F)(F)F. The summed E-state index contributed by atoms with van der Waals surface area (Å²) in [5, 5.41) is 10.2. The Bertz CT molecular complexity index is 758. The second-order valence-electron chi connectivity index (χ2n) is 8.26. The number of halogens is 3. The van der Waals surface area contributed by atoms with Crippen LogP contribution in [-0.4, -0.2) is 72.0 Å². The Balaban J connectivity index is 0.000000360. The lowest BCUT2D eigenvalue weighted by molar-refractivity contribution is -0.192. The second kappa shape index (κ2) is 11.1. The molecule has 1 saturated carbocycles. The van der Waals surface area contributed by atoms with Crippen LogP contribution in [0, 0.1) is 0 Å². The molecular formula is C22H29F3N2O5. The number of aliphatic carboxylic acids is 1. The van der Waals surface area contributed by atoms with Gasteiger partial charge in [-0.15, -0.1) is 0 Å². The summed E-state index contributed by atoms with van der Waals surface area (Å²) >= 11 is 0. The maximum Gasteiger partial charge on any atom is 0.490 e. The predicted molar refractivity (Wildman–Crippen MR) is 109 cm³/mol. The molecule has 0 radical (unpaired) electrons. The Hall–Kier alpha value is -2.17. The molecule has 178 valence electrons. The lowest BCUT2D eigenvalue weighted by Crippen LogP contribution is -2.48. The van der Waals surface area contributed by atoms with Crippen molar-refractivity contribution in [3.05, 3.63) is 35.9 Å². The molecule has 10 heteroatoms. The van der Waals surface area contributed by atoms with Gasteiger partial charge in [0.1, 0.15) is 6.10 Å². The van der Waals surface area contributed by atoms with Gasteiger partial charge in [0, 0.05) is 25.2 Å². The van der Waals surface area contributed by atoms with Gasteiger partial charge in [-0.05, 0) is 37.7 Å². The van der Waals surface area contributed by atoms with E-state index in [2.05, 4.69) is 22.3 Å². The van der Waals surface area contributed by atoms with Crippen molar-refractivity contribution in [2.75, 3.05) is 19.7 Å². The van der Waals surface area contributed by atoms with Gasteiger partial charge in [-0.2, -0.15) is 13.2 Å². The van der Waals surface area contributed by atoms with Crippen LogP contribution in [0.3, 0.4) is 0 Å². The Kier molecular flexibility index (Phi) is 8.50. The number of benzene rings is 1. The molecule has 2 saturated heterocycles. The summed E-state index contributed by atoms with van der Waals surface area (Å²) < 4.78 is 43.7. The standard InChI is InChI=1S/C20H28N2O3.C2HF3O2/c23-20(21-16-6-7-16)19-9-8-17-18(25-19)10-11-22(17)12-13-24-14-15-4-2-1-3-5-15;3-2(4,5)1(6)7/h1-5,16-19H,6-14H2,(H,21,23);(H,6,7)/t17-,18-,19-;/m1./s1. The van der Waals surface area contributed by atoms with Crippen LogP contribution in [0.1, 0.15) is 37.7 Å². The predicted octanol–water partition coefficient (Wildman–Crippen LogP) is 2.74. The highest BCUT2D eigenvalue weighted by atomic mass is 19.4. The number of hydrogen-bond donors (Lipinski definition) is 2. The number of ether oxygens (including phenoxy) is 2. The zero-order chi connectivity index (χ0) is 23.1. The Morgan fingerprint density at radius 3 is 2.44 bits per heavy atom. The molecule has 1 aliphatic carbocycles. The maximum atomic E-state index is 12.2. The van der Waals surface area contributed by atoms with Crippen molar-refractivity contribution >= 4 is 11.9 Å². The number of nitrogens with zero attached hydrogens (tertiary/aromatic N) is 1. The summed E-state index contributed by atoms with van der Waals surface area (Å²) in [6, 6.07) is 11.1. The smallest absolute Gasteiger partial charge is 0.475 e. The molecule has 0 spiro atoms. The number of likely N-dealkylation sites (tertiary alicyclic amines) is 1. The number of hydrogen-bond acceptors (Lipinski definition) is 5. The molecule has 1 amide bonds. The van der Waals surface area contributed by atoms with E-state index in [0.29, 0.717) is 18.7 Å². The number of nitrogens with one attached hydrogen (secondary N) is 1. The highest BCUT2D eigenvalue weighted by molar-refractivity contribution is 5.81. The van der Waals surface area contributed by atoms with Gasteiger partial charge in [0.15, 0.2) is 0 Å². The van der Waals surface area contributed by atoms with E-state index in [1.165, 1.54) is 5.56 Å². The lowest BCUT2D eigenvalue weighted by Gasteiger charge is -2.35. The van der Waals surface area contributed by atoms with Crippen LogP contribution < -0.4 is 5.32 Å². The van der Waals surface area contributed by atoms with Gasteiger partial charge in [-0.25, -0.2) is 4.79 Å². The van der Waals surface area contributed by atoms with Crippen LogP contribution >= 0.6 is 0 Å². The molecule has 1 aromatic carbocycles. The molecule has 0 bridgehead atoms. The summed E-state index contributed by atoms with van der Waals surface area (Å²) in [7, 11) is 0. The molecule has 1 aromatic rings. The number of rotatable bonds is 7. The molecule has 0 unspecified atom stereocenters. The van der Waals surface area contributed by atoms with Crippen LogP contribution in [0.15, 0.2) is 30.3 Å². The summed E-state index contributed by atoms with van der Waals surface area (Å²) in [6.45, 7) is 3.39. The molecule has 2 heterocycles. The number of amides is 1. The van der Waals surface area contributed by atoms with E-state index in [4.69, 9.17) is 19.4 Å².